The van der Waals surface area contributed by atoms with E-state index < -0.39 is 24.2 Å². The van der Waals surface area contributed by atoms with Crippen molar-refractivity contribution in [2.24, 2.45) is 11.7 Å². The highest BCUT2D eigenvalue weighted by atomic mass is 19.1. The van der Waals surface area contributed by atoms with Gasteiger partial charge >= 0.3 is 0 Å². The highest BCUT2D eigenvalue weighted by Gasteiger charge is 2.59. The molecule has 1 aromatic rings. The van der Waals surface area contributed by atoms with Crippen molar-refractivity contribution in [3.8, 4) is 0 Å². The maximum Gasteiger partial charge on any atom is 0.258 e. The first-order valence-corrected chi connectivity index (χ1v) is 13.9. The van der Waals surface area contributed by atoms with Crippen LogP contribution in [0.15, 0.2) is 36.2 Å². The lowest BCUT2D eigenvalue weighted by Crippen LogP contribution is -2.73. The molecule has 5 aliphatic rings. The van der Waals surface area contributed by atoms with E-state index in [0.717, 1.165) is 44.3 Å². The molecule has 1 amide bonds. The van der Waals surface area contributed by atoms with Crippen molar-refractivity contribution in [1.82, 2.24) is 19.7 Å². The Labute approximate surface area is 218 Å². The number of likely N-dealkylation sites (tertiary alicyclic amines) is 1. The minimum Gasteiger partial charge on any atom is -0.369 e. The van der Waals surface area contributed by atoms with Crippen LogP contribution in [0.3, 0.4) is 0 Å². The maximum absolute atomic E-state index is 15.9. The number of fused-ring (bicyclic) bond motifs is 2. The van der Waals surface area contributed by atoms with Crippen molar-refractivity contribution in [2.45, 2.75) is 87.5 Å². The fourth-order valence-electron chi connectivity index (χ4n) is 7.37. The third kappa shape index (κ3) is 4.49. The highest BCUT2D eigenvalue weighted by Crippen LogP contribution is 2.47. The number of carbonyl (C=O) groups excluding carboxylic acids is 2. The van der Waals surface area contributed by atoms with Crippen LogP contribution in [0.4, 0.5) is 4.39 Å². The molecule has 3 aliphatic heterocycles. The lowest BCUT2D eigenvalue weighted by atomic mass is 9.69. The quantitative estimate of drug-likeness (QED) is 0.602. The Kier molecular flexibility index (Phi) is 6.79. The van der Waals surface area contributed by atoms with Gasteiger partial charge in [0.2, 0.25) is 0 Å². The molecule has 8 unspecified atom stereocenters. The smallest absolute Gasteiger partial charge is 0.258 e. The molecule has 6 rings (SSSR count). The summed E-state index contributed by atoms with van der Waals surface area (Å²) in [4.78, 5) is 37.7. The molecule has 1 aromatic heterocycles. The number of hydrogen-bond acceptors (Lipinski definition) is 7. The van der Waals surface area contributed by atoms with Crippen LogP contribution in [-0.4, -0.2) is 101 Å². The summed E-state index contributed by atoms with van der Waals surface area (Å²) >= 11 is 0. The molecule has 0 spiro atoms. The molecule has 9 heteroatoms. The van der Waals surface area contributed by atoms with Crippen molar-refractivity contribution >= 4 is 11.7 Å². The zero-order chi connectivity index (χ0) is 25.7. The Morgan fingerprint density at radius 2 is 2.08 bits per heavy atom. The van der Waals surface area contributed by atoms with Gasteiger partial charge in [-0.25, -0.2) is 4.39 Å². The molecule has 0 radical (unpaired) electrons. The van der Waals surface area contributed by atoms with Gasteiger partial charge in [-0.15, -0.1) is 0 Å². The van der Waals surface area contributed by atoms with E-state index in [0.29, 0.717) is 19.5 Å². The van der Waals surface area contributed by atoms with Gasteiger partial charge in [-0.05, 0) is 37.8 Å². The zero-order valence-corrected chi connectivity index (χ0v) is 21.5. The number of nitrogens with two attached hydrogens (primary N) is 1. The van der Waals surface area contributed by atoms with E-state index in [9.17, 15) is 9.59 Å². The first-order valence-electron chi connectivity index (χ1n) is 13.9. The van der Waals surface area contributed by atoms with E-state index in [1.165, 1.54) is 0 Å². The molecule has 2 aliphatic carbocycles. The monoisotopic (exact) mass is 511 g/mol. The first kappa shape index (κ1) is 24.9. The van der Waals surface area contributed by atoms with Gasteiger partial charge in [-0.2, -0.15) is 0 Å². The second-order valence-electron chi connectivity index (χ2n) is 11.5. The number of aromatic nitrogens is 1. The molecule has 8 atom stereocenters. The van der Waals surface area contributed by atoms with Gasteiger partial charge in [-0.3, -0.25) is 19.5 Å². The standard InChI is InChI=1S/C28H38FN5O3/c1-32(12-10-18-6-4-5-11-31-18)28(36)20-16-34-22-7-2-3-8-23(22)37-27-24(34)19(26(20)35)14-21(29)25(27)33-13-9-17(30)15-33/h4-6,11,16-17,19,21-25,27H,2-3,7-10,12-15,30H2,1H3. The highest BCUT2D eigenvalue weighted by molar-refractivity contribution is 6.20. The Morgan fingerprint density at radius 1 is 1.24 bits per heavy atom. The largest absolute Gasteiger partial charge is 0.369 e. The molecule has 0 aromatic carbocycles. The molecular formula is C28H38FN5O3. The Hall–Kier alpha value is -2.36. The van der Waals surface area contributed by atoms with E-state index >= 15 is 4.39 Å². The van der Waals surface area contributed by atoms with Crippen LogP contribution >= 0.6 is 0 Å². The van der Waals surface area contributed by atoms with Gasteiger partial charge in [0.05, 0.1) is 35.9 Å². The van der Waals surface area contributed by atoms with Crippen LogP contribution in [-0.2, 0) is 20.7 Å². The van der Waals surface area contributed by atoms with Gasteiger partial charge in [0.25, 0.3) is 5.91 Å². The minimum absolute atomic E-state index is 0.0117. The van der Waals surface area contributed by atoms with Crippen LogP contribution in [0.5, 0.6) is 0 Å². The number of ketones is 1. The summed E-state index contributed by atoms with van der Waals surface area (Å²) in [5, 5.41) is 0. The second-order valence-corrected chi connectivity index (χ2v) is 11.5. The van der Waals surface area contributed by atoms with Crippen molar-refractivity contribution in [2.75, 3.05) is 26.7 Å². The number of hydrogen-bond donors (Lipinski definition) is 1. The van der Waals surface area contributed by atoms with Gasteiger partial charge in [-0.1, -0.05) is 18.9 Å². The lowest BCUT2D eigenvalue weighted by molar-refractivity contribution is -0.210. The van der Waals surface area contributed by atoms with Crippen molar-refractivity contribution in [3.63, 3.8) is 0 Å². The summed E-state index contributed by atoms with van der Waals surface area (Å²) in [6.45, 7) is 1.87. The number of nitrogens with zero attached hydrogens (tertiary/aromatic N) is 4. The number of halogens is 1. The number of carbonyl (C=O) groups is 2. The average molecular weight is 512 g/mol. The molecule has 8 nitrogen and oxygen atoms in total. The van der Waals surface area contributed by atoms with E-state index in [-0.39, 0.29) is 47.9 Å². The number of Topliss-reactive ketones (excluding diaryl/α,β-unsaturated/α-hetero) is 1. The summed E-state index contributed by atoms with van der Waals surface area (Å²) in [5.41, 5.74) is 7.26. The fraction of sp³-hybridized carbons (Fsp3) is 0.679. The summed E-state index contributed by atoms with van der Waals surface area (Å²) in [6.07, 6.45) is 7.57. The van der Waals surface area contributed by atoms with Gasteiger partial charge in [0, 0.05) is 63.2 Å². The Balaban J connectivity index is 1.29. The summed E-state index contributed by atoms with van der Waals surface area (Å²) in [6, 6.07) is 5.23. The van der Waals surface area contributed by atoms with E-state index in [1.54, 1.807) is 18.1 Å². The lowest BCUT2D eigenvalue weighted by Gasteiger charge is -2.60. The van der Waals surface area contributed by atoms with Crippen LogP contribution in [0.1, 0.15) is 44.2 Å². The Morgan fingerprint density at radius 3 is 2.84 bits per heavy atom. The molecular weight excluding hydrogens is 473 g/mol. The normalized spacial score (nSPS) is 37.5. The number of morpholine rings is 1. The summed E-state index contributed by atoms with van der Waals surface area (Å²) in [7, 11) is 1.72. The fourth-order valence-corrected chi connectivity index (χ4v) is 7.37. The van der Waals surface area contributed by atoms with Crippen molar-refractivity contribution < 1.29 is 18.7 Å². The van der Waals surface area contributed by atoms with Gasteiger partial charge < -0.3 is 20.3 Å². The zero-order valence-electron chi connectivity index (χ0n) is 21.5. The number of amides is 1. The molecule has 37 heavy (non-hydrogen) atoms. The molecule has 2 saturated carbocycles. The third-order valence-electron chi connectivity index (χ3n) is 9.23. The number of pyridine rings is 1. The van der Waals surface area contributed by atoms with Gasteiger partial charge in [0.1, 0.15) is 6.17 Å². The van der Waals surface area contributed by atoms with Crippen LogP contribution in [0, 0.1) is 5.92 Å². The third-order valence-corrected chi connectivity index (χ3v) is 9.23. The molecule has 4 fully saturated rings. The number of ether oxygens (including phenoxy) is 1. The average Bonchev–Trinajstić information content (AvgIpc) is 3.34. The second kappa shape index (κ2) is 10.1. The Bertz CT molecular complexity index is 1050. The molecule has 0 bridgehead atoms. The molecule has 2 saturated heterocycles. The number of likely N-dealkylation sites (N-methyl/N-ethyl adjacent to an activating group) is 1. The van der Waals surface area contributed by atoms with Crippen LogP contribution in [0.2, 0.25) is 0 Å². The summed E-state index contributed by atoms with van der Waals surface area (Å²) < 4.78 is 22.6. The van der Waals surface area contributed by atoms with Crippen molar-refractivity contribution in [3.05, 3.63) is 41.9 Å². The van der Waals surface area contributed by atoms with E-state index in [2.05, 4.69) is 14.8 Å². The maximum atomic E-state index is 15.9. The predicted octanol–water partition coefficient (Wildman–Crippen LogP) is 1.69. The number of rotatable bonds is 5. The SMILES string of the molecule is CN(CCc1ccccn1)C(=O)C1=CN2C3CCCCC3OC3C(N4CCC(N)C4)C(F)CC(C1=O)C32. The van der Waals surface area contributed by atoms with Crippen molar-refractivity contribution in [1.29, 1.82) is 0 Å². The van der Waals surface area contributed by atoms with Crippen LogP contribution in [0.25, 0.3) is 0 Å². The van der Waals surface area contributed by atoms with E-state index in [4.69, 9.17) is 10.5 Å². The van der Waals surface area contributed by atoms with E-state index in [1.807, 2.05) is 24.4 Å². The number of alkyl halides is 1. The molecule has 200 valence electrons. The van der Waals surface area contributed by atoms with Crippen LogP contribution < -0.4 is 5.73 Å². The minimum atomic E-state index is -1.20. The topological polar surface area (TPSA) is 92.0 Å². The predicted molar refractivity (Wildman–Crippen MR) is 136 cm³/mol. The van der Waals surface area contributed by atoms with Gasteiger partial charge in [0.15, 0.2) is 5.78 Å². The first-order chi connectivity index (χ1) is 17.9. The molecule has 4 heterocycles. The summed E-state index contributed by atoms with van der Waals surface area (Å²) in [5.74, 6) is -1.11. The molecule has 2 N–H and O–H groups in total.